The summed E-state index contributed by atoms with van der Waals surface area (Å²) < 4.78 is 0. The first-order valence-corrected chi connectivity index (χ1v) is 6.47. The standard InChI is InChI=1S/C15H20N2O/c16-9-3-6-13-4-1-2-5-14(13)12-17-10-7-15(18)8-11-17/h1-2,4-5,15,18H,7-12,16H2. The number of hydrogen-bond acceptors (Lipinski definition) is 3. The molecule has 18 heavy (non-hydrogen) atoms. The van der Waals surface area contributed by atoms with Gasteiger partial charge in [0.2, 0.25) is 0 Å². The second-order valence-electron chi connectivity index (χ2n) is 4.67. The quantitative estimate of drug-likeness (QED) is 0.762. The van der Waals surface area contributed by atoms with Crippen LogP contribution in [0.15, 0.2) is 24.3 Å². The summed E-state index contributed by atoms with van der Waals surface area (Å²) in [5, 5.41) is 9.50. The highest BCUT2D eigenvalue weighted by Gasteiger charge is 2.17. The van der Waals surface area contributed by atoms with E-state index >= 15 is 0 Å². The zero-order valence-electron chi connectivity index (χ0n) is 10.6. The molecule has 0 aliphatic carbocycles. The van der Waals surface area contributed by atoms with Gasteiger partial charge in [-0.25, -0.2) is 0 Å². The summed E-state index contributed by atoms with van der Waals surface area (Å²) in [6, 6.07) is 8.20. The number of piperidine rings is 1. The smallest absolute Gasteiger partial charge is 0.0564 e. The maximum absolute atomic E-state index is 9.50. The van der Waals surface area contributed by atoms with Crippen molar-refractivity contribution in [1.82, 2.24) is 4.90 Å². The first-order chi connectivity index (χ1) is 8.79. The molecule has 0 bridgehead atoms. The number of benzene rings is 1. The summed E-state index contributed by atoms with van der Waals surface area (Å²) in [5.74, 6) is 6.03. The van der Waals surface area contributed by atoms with E-state index in [2.05, 4.69) is 22.8 Å². The van der Waals surface area contributed by atoms with Crippen LogP contribution in [-0.2, 0) is 6.54 Å². The SMILES string of the molecule is NCC#Cc1ccccc1CN1CCC(O)CC1. The van der Waals surface area contributed by atoms with Gasteiger partial charge in [0, 0.05) is 25.2 Å². The molecular weight excluding hydrogens is 224 g/mol. The molecule has 0 unspecified atom stereocenters. The lowest BCUT2D eigenvalue weighted by Gasteiger charge is -2.29. The molecule has 1 aliphatic rings. The lowest BCUT2D eigenvalue weighted by molar-refractivity contribution is 0.0792. The molecule has 1 saturated heterocycles. The zero-order chi connectivity index (χ0) is 12.8. The molecular formula is C15H20N2O. The Morgan fingerprint density at radius 1 is 1.28 bits per heavy atom. The summed E-state index contributed by atoms with van der Waals surface area (Å²) in [6.45, 7) is 3.21. The van der Waals surface area contributed by atoms with Gasteiger partial charge in [0.25, 0.3) is 0 Å². The largest absolute Gasteiger partial charge is 0.393 e. The van der Waals surface area contributed by atoms with Crippen molar-refractivity contribution in [2.24, 2.45) is 5.73 Å². The molecule has 2 rings (SSSR count). The van der Waals surface area contributed by atoms with Crippen LogP contribution in [0.2, 0.25) is 0 Å². The van der Waals surface area contributed by atoms with Crippen molar-refractivity contribution in [3.8, 4) is 11.8 Å². The summed E-state index contributed by atoms with van der Waals surface area (Å²) in [7, 11) is 0. The van der Waals surface area contributed by atoms with E-state index in [0.29, 0.717) is 6.54 Å². The van der Waals surface area contributed by atoms with Crippen molar-refractivity contribution >= 4 is 0 Å². The Morgan fingerprint density at radius 3 is 2.72 bits per heavy atom. The molecule has 1 aromatic carbocycles. The van der Waals surface area contributed by atoms with Crippen LogP contribution in [0.4, 0.5) is 0 Å². The van der Waals surface area contributed by atoms with Gasteiger partial charge in [0.05, 0.1) is 12.6 Å². The van der Waals surface area contributed by atoms with Gasteiger partial charge in [-0.2, -0.15) is 0 Å². The minimum Gasteiger partial charge on any atom is -0.393 e. The van der Waals surface area contributed by atoms with Crippen LogP contribution in [0.5, 0.6) is 0 Å². The van der Waals surface area contributed by atoms with Crippen LogP contribution in [0.3, 0.4) is 0 Å². The van der Waals surface area contributed by atoms with Crippen molar-refractivity contribution in [2.75, 3.05) is 19.6 Å². The van der Waals surface area contributed by atoms with E-state index in [4.69, 9.17) is 5.73 Å². The van der Waals surface area contributed by atoms with Gasteiger partial charge in [0.1, 0.15) is 0 Å². The fraction of sp³-hybridized carbons (Fsp3) is 0.467. The van der Waals surface area contributed by atoms with Gasteiger partial charge < -0.3 is 10.8 Å². The van der Waals surface area contributed by atoms with Crippen LogP contribution in [0.25, 0.3) is 0 Å². The third-order valence-electron chi connectivity index (χ3n) is 3.29. The second-order valence-corrected chi connectivity index (χ2v) is 4.67. The molecule has 3 heteroatoms. The number of aliphatic hydroxyl groups is 1. The monoisotopic (exact) mass is 244 g/mol. The maximum atomic E-state index is 9.50. The molecule has 0 atom stereocenters. The molecule has 1 aromatic rings. The summed E-state index contributed by atoms with van der Waals surface area (Å²) in [5.41, 5.74) is 7.72. The Bertz CT molecular complexity index is 439. The average Bonchev–Trinajstić information content (AvgIpc) is 2.40. The molecule has 3 nitrogen and oxygen atoms in total. The lowest BCUT2D eigenvalue weighted by atomic mass is 10.0. The van der Waals surface area contributed by atoms with E-state index in [0.717, 1.165) is 38.0 Å². The van der Waals surface area contributed by atoms with Crippen molar-refractivity contribution in [3.63, 3.8) is 0 Å². The van der Waals surface area contributed by atoms with Crippen LogP contribution < -0.4 is 5.73 Å². The number of rotatable bonds is 2. The van der Waals surface area contributed by atoms with E-state index < -0.39 is 0 Å². The number of hydrogen-bond donors (Lipinski definition) is 2. The number of nitrogens with two attached hydrogens (primary N) is 1. The highest BCUT2D eigenvalue weighted by Crippen LogP contribution is 2.15. The molecule has 0 saturated carbocycles. The second kappa shape index (κ2) is 6.55. The van der Waals surface area contributed by atoms with E-state index in [-0.39, 0.29) is 6.10 Å². The molecule has 0 spiro atoms. The third kappa shape index (κ3) is 3.58. The molecule has 1 aliphatic heterocycles. The Labute approximate surface area is 109 Å². The predicted molar refractivity (Wildman–Crippen MR) is 72.9 cm³/mol. The normalized spacial score (nSPS) is 17.2. The Balaban J connectivity index is 2.04. The summed E-state index contributed by atoms with van der Waals surface area (Å²) in [6.07, 6.45) is 1.63. The van der Waals surface area contributed by atoms with E-state index in [1.54, 1.807) is 0 Å². The van der Waals surface area contributed by atoms with Gasteiger partial charge in [-0.1, -0.05) is 30.0 Å². The minimum atomic E-state index is -0.117. The fourth-order valence-corrected chi connectivity index (χ4v) is 2.24. The van der Waals surface area contributed by atoms with Crippen LogP contribution >= 0.6 is 0 Å². The van der Waals surface area contributed by atoms with Gasteiger partial charge in [-0.05, 0) is 24.5 Å². The van der Waals surface area contributed by atoms with E-state index in [9.17, 15) is 5.11 Å². The lowest BCUT2D eigenvalue weighted by Crippen LogP contribution is -2.35. The first kappa shape index (κ1) is 13.1. The highest BCUT2D eigenvalue weighted by atomic mass is 16.3. The Kier molecular flexibility index (Phi) is 4.77. The van der Waals surface area contributed by atoms with Crippen molar-refractivity contribution in [2.45, 2.75) is 25.5 Å². The third-order valence-corrected chi connectivity index (χ3v) is 3.29. The Hall–Kier alpha value is -1.34. The number of likely N-dealkylation sites (tertiary alicyclic amines) is 1. The highest BCUT2D eigenvalue weighted by molar-refractivity contribution is 5.41. The van der Waals surface area contributed by atoms with E-state index in [1.165, 1.54) is 5.56 Å². The van der Waals surface area contributed by atoms with Crippen molar-refractivity contribution in [1.29, 1.82) is 0 Å². The molecule has 1 heterocycles. The summed E-state index contributed by atoms with van der Waals surface area (Å²) in [4.78, 5) is 2.37. The van der Waals surface area contributed by atoms with Crippen LogP contribution in [0.1, 0.15) is 24.0 Å². The Morgan fingerprint density at radius 2 is 2.00 bits per heavy atom. The molecule has 0 radical (unpaired) electrons. The van der Waals surface area contributed by atoms with Crippen molar-refractivity contribution < 1.29 is 5.11 Å². The zero-order valence-corrected chi connectivity index (χ0v) is 10.6. The molecule has 0 amide bonds. The molecule has 1 fully saturated rings. The van der Waals surface area contributed by atoms with Crippen LogP contribution in [-0.4, -0.2) is 35.7 Å². The molecule has 0 aromatic heterocycles. The molecule has 3 N–H and O–H groups in total. The van der Waals surface area contributed by atoms with Gasteiger partial charge in [-0.3, -0.25) is 4.90 Å². The summed E-state index contributed by atoms with van der Waals surface area (Å²) >= 11 is 0. The number of aliphatic hydroxyl groups excluding tert-OH is 1. The maximum Gasteiger partial charge on any atom is 0.0564 e. The van der Waals surface area contributed by atoms with E-state index in [1.807, 2.05) is 18.2 Å². The predicted octanol–water partition coefficient (Wildman–Crippen LogP) is 0.953. The first-order valence-electron chi connectivity index (χ1n) is 6.47. The van der Waals surface area contributed by atoms with Gasteiger partial charge in [0.15, 0.2) is 0 Å². The van der Waals surface area contributed by atoms with Crippen molar-refractivity contribution in [3.05, 3.63) is 35.4 Å². The fourth-order valence-electron chi connectivity index (χ4n) is 2.24. The van der Waals surface area contributed by atoms with Crippen LogP contribution in [0, 0.1) is 11.8 Å². The number of nitrogens with zero attached hydrogens (tertiary/aromatic N) is 1. The molecule has 96 valence electrons. The minimum absolute atomic E-state index is 0.117. The van der Waals surface area contributed by atoms with Gasteiger partial charge >= 0.3 is 0 Å². The topological polar surface area (TPSA) is 49.5 Å². The average molecular weight is 244 g/mol. The van der Waals surface area contributed by atoms with Gasteiger partial charge in [-0.15, -0.1) is 0 Å².